The number of para-hydroxylation sites is 2. The summed E-state index contributed by atoms with van der Waals surface area (Å²) in [5.41, 5.74) is 5.11. The molecule has 0 aliphatic rings. The molecule has 0 radical (unpaired) electrons. The number of carbonyl (C=O) groups excluding carboxylic acids is 1. The fourth-order valence-corrected chi connectivity index (χ4v) is 3.86. The van der Waals surface area contributed by atoms with Crippen molar-refractivity contribution in [2.75, 3.05) is 5.32 Å². The van der Waals surface area contributed by atoms with E-state index in [1.807, 2.05) is 72.8 Å². The number of pyridine rings is 1. The fraction of sp³-hybridized carbons (Fsp3) is 0.120. The van der Waals surface area contributed by atoms with Crippen LogP contribution in [0.15, 0.2) is 83.3 Å². The summed E-state index contributed by atoms with van der Waals surface area (Å²) in [4.78, 5) is 18.1. The van der Waals surface area contributed by atoms with Crippen LogP contribution in [0.25, 0.3) is 22.2 Å². The molecule has 0 atom stereocenters. The molecule has 0 spiro atoms. The maximum atomic E-state index is 13.3. The van der Waals surface area contributed by atoms with Crippen molar-refractivity contribution < 1.29 is 4.79 Å². The summed E-state index contributed by atoms with van der Waals surface area (Å²) < 4.78 is 0.974. The van der Waals surface area contributed by atoms with Crippen molar-refractivity contribution in [2.24, 2.45) is 0 Å². The minimum Gasteiger partial charge on any atom is -0.322 e. The van der Waals surface area contributed by atoms with Crippen molar-refractivity contribution in [2.45, 2.75) is 19.8 Å². The molecule has 0 fully saturated rings. The molecule has 4 heteroatoms. The molecule has 4 aromatic rings. The Kier molecular flexibility index (Phi) is 5.45. The first kappa shape index (κ1) is 19.3. The van der Waals surface area contributed by atoms with Crippen LogP contribution in [-0.2, 0) is 0 Å². The molecule has 0 saturated heterocycles. The lowest BCUT2D eigenvalue weighted by atomic mass is 10.00. The van der Waals surface area contributed by atoms with Gasteiger partial charge in [-0.1, -0.05) is 78.3 Å². The minimum absolute atomic E-state index is 0.132. The second-order valence-corrected chi connectivity index (χ2v) is 8.19. The molecule has 0 unspecified atom stereocenters. The Labute approximate surface area is 178 Å². The van der Waals surface area contributed by atoms with Crippen LogP contribution in [0.4, 0.5) is 5.69 Å². The molecule has 144 valence electrons. The number of benzene rings is 3. The van der Waals surface area contributed by atoms with Gasteiger partial charge in [0.2, 0.25) is 0 Å². The van der Waals surface area contributed by atoms with Gasteiger partial charge in [-0.25, -0.2) is 4.98 Å². The first-order chi connectivity index (χ1) is 14.0. The van der Waals surface area contributed by atoms with E-state index < -0.39 is 0 Å². The molecular formula is C25H21BrN2O. The van der Waals surface area contributed by atoms with E-state index in [2.05, 4.69) is 41.2 Å². The molecule has 1 heterocycles. The van der Waals surface area contributed by atoms with Gasteiger partial charge in [0.25, 0.3) is 5.91 Å². The van der Waals surface area contributed by atoms with E-state index in [4.69, 9.17) is 4.98 Å². The number of amides is 1. The van der Waals surface area contributed by atoms with E-state index in [1.165, 1.54) is 0 Å². The number of carbonyl (C=O) groups is 1. The van der Waals surface area contributed by atoms with Crippen LogP contribution in [0.5, 0.6) is 0 Å². The molecule has 1 aromatic heterocycles. The van der Waals surface area contributed by atoms with Crippen LogP contribution in [0, 0.1) is 0 Å². The topological polar surface area (TPSA) is 42.0 Å². The number of halogens is 1. The van der Waals surface area contributed by atoms with E-state index >= 15 is 0 Å². The molecular weight excluding hydrogens is 424 g/mol. The Morgan fingerprint density at radius 1 is 0.931 bits per heavy atom. The number of hydrogen-bond acceptors (Lipinski definition) is 2. The predicted molar refractivity (Wildman–Crippen MR) is 123 cm³/mol. The molecule has 3 nitrogen and oxygen atoms in total. The van der Waals surface area contributed by atoms with Crippen molar-refractivity contribution >= 4 is 38.4 Å². The van der Waals surface area contributed by atoms with Gasteiger partial charge in [0.15, 0.2) is 0 Å². The summed E-state index contributed by atoms with van der Waals surface area (Å²) in [6, 6.07) is 25.5. The average molecular weight is 445 g/mol. The van der Waals surface area contributed by atoms with Crippen LogP contribution in [0.3, 0.4) is 0 Å². The fourth-order valence-electron chi connectivity index (χ4n) is 3.46. The van der Waals surface area contributed by atoms with Crippen LogP contribution >= 0.6 is 15.9 Å². The molecule has 0 aliphatic heterocycles. The van der Waals surface area contributed by atoms with Crippen LogP contribution in [-0.4, -0.2) is 10.9 Å². The molecule has 0 saturated carbocycles. The van der Waals surface area contributed by atoms with Crippen LogP contribution in [0.1, 0.15) is 35.7 Å². The van der Waals surface area contributed by atoms with E-state index in [-0.39, 0.29) is 5.91 Å². The number of nitrogens with zero attached hydrogens (tertiary/aromatic N) is 1. The van der Waals surface area contributed by atoms with Crippen LogP contribution in [0.2, 0.25) is 0 Å². The van der Waals surface area contributed by atoms with Crippen molar-refractivity contribution in [1.29, 1.82) is 0 Å². The highest BCUT2D eigenvalue weighted by Gasteiger charge is 2.16. The summed E-state index contributed by atoms with van der Waals surface area (Å²) in [5, 5.41) is 3.95. The maximum absolute atomic E-state index is 13.3. The standard InChI is InChI=1S/C25H21BrN2O/c1-16(2)19-10-3-5-12-22(19)28-25(29)21-15-24(17-8-7-9-18(26)14-17)27-23-13-6-4-11-20(21)23/h3-16H,1-2H3,(H,28,29). The minimum atomic E-state index is -0.132. The van der Waals surface area contributed by atoms with Crippen molar-refractivity contribution in [3.8, 4) is 11.3 Å². The second kappa shape index (κ2) is 8.18. The first-order valence-electron chi connectivity index (χ1n) is 9.59. The molecule has 0 bridgehead atoms. The highest BCUT2D eigenvalue weighted by molar-refractivity contribution is 9.10. The van der Waals surface area contributed by atoms with E-state index in [0.29, 0.717) is 11.5 Å². The predicted octanol–water partition coefficient (Wildman–Crippen LogP) is 7.04. The number of hydrogen-bond donors (Lipinski definition) is 1. The SMILES string of the molecule is CC(C)c1ccccc1NC(=O)c1cc(-c2cccc(Br)c2)nc2ccccc12. The van der Waals surface area contributed by atoms with Gasteiger partial charge in [0.05, 0.1) is 16.8 Å². The van der Waals surface area contributed by atoms with Gasteiger partial charge in [-0.05, 0) is 41.8 Å². The van der Waals surface area contributed by atoms with Gasteiger partial charge in [0.1, 0.15) is 0 Å². The Hall–Kier alpha value is -2.98. The van der Waals surface area contributed by atoms with E-state index in [9.17, 15) is 4.79 Å². The van der Waals surface area contributed by atoms with Crippen molar-refractivity contribution in [1.82, 2.24) is 4.98 Å². The molecule has 1 amide bonds. The van der Waals surface area contributed by atoms with E-state index in [1.54, 1.807) is 0 Å². The summed E-state index contributed by atoms with van der Waals surface area (Å²) in [5.74, 6) is 0.186. The molecule has 29 heavy (non-hydrogen) atoms. The molecule has 1 N–H and O–H groups in total. The zero-order valence-electron chi connectivity index (χ0n) is 16.3. The molecule has 3 aromatic carbocycles. The molecule has 4 rings (SSSR count). The average Bonchev–Trinajstić information content (AvgIpc) is 2.73. The van der Waals surface area contributed by atoms with Gasteiger partial charge < -0.3 is 5.32 Å². The zero-order chi connectivity index (χ0) is 20.4. The Morgan fingerprint density at radius 2 is 1.69 bits per heavy atom. The summed E-state index contributed by atoms with van der Waals surface area (Å²) >= 11 is 3.52. The van der Waals surface area contributed by atoms with Gasteiger partial charge in [-0.3, -0.25) is 4.79 Å². The Balaban J connectivity index is 1.81. The van der Waals surface area contributed by atoms with Crippen molar-refractivity contribution in [3.63, 3.8) is 0 Å². The molecule has 0 aliphatic carbocycles. The summed E-state index contributed by atoms with van der Waals surface area (Å²) in [7, 11) is 0. The van der Waals surface area contributed by atoms with E-state index in [0.717, 1.165) is 37.9 Å². The third-order valence-electron chi connectivity index (χ3n) is 4.91. The number of aromatic nitrogens is 1. The monoisotopic (exact) mass is 444 g/mol. The maximum Gasteiger partial charge on any atom is 0.256 e. The number of fused-ring (bicyclic) bond motifs is 1. The lowest BCUT2D eigenvalue weighted by Gasteiger charge is -2.15. The summed E-state index contributed by atoms with van der Waals surface area (Å²) in [6.45, 7) is 4.25. The quantitative estimate of drug-likeness (QED) is 0.366. The normalized spacial score (nSPS) is 11.0. The van der Waals surface area contributed by atoms with Gasteiger partial charge in [-0.2, -0.15) is 0 Å². The van der Waals surface area contributed by atoms with Gasteiger partial charge >= 0.3 is 0 Å². The second-order valence-electron chi connectivity index (χ2n) is 7.28. The van der Waals surface area contributed by atoms with Gasteiger partial charge in [-0.15, -0.1) is 0 Å². The third-order valence-corrected chi connectivity index (χ3v) is 5.41. The Morgan fingerprint density at radius 3 is 2.48 bits per heavy atom. The number of nitrogens with one attached hydrogen (secondary N) is 1. The summed E-state index contributed by atoms with van der Waals surface area (Å²) in [6.07, 6.45) is 0. The largest absolute Gasteiger partial charge is 0.322 e. The third kappa shape index (κ3) is 4.08. The Bertz CT molecular complexity index is 1200. The lowest BCUT2D eigenvalue weighted by molar-refractivity contribution is 0.102. The highest BCUT2D eigenvalue weighted by atomic mass is 79.9. The number of anilines is 1. The van der Waals surface area contributed by atoms with Crippen LogP contribution < -0.4 is 5.32 Å². The van der Waals surface area contributed by atoms with Gasteiger partial charge in [0, 0.05) is 21.1 Å². The smallest absolute Gasteiger partial charge is 0.256 e. The number of rotatable bonds is 4. The highest BCUT2D eigenvalue weighted by Crippen LogP contribution is 2.29. The van der Waals surface area contributed by atoms with Crippen molar-refractivity contribution in [3.05, 3.63) is 94.5 Å². The zero-order valence-corrected chi connectivity index (χ0v) is 17.9. The lowest BCUT2D eigenvalue weighted by Crippen LogP contribution is -2.14. The first-order valence-corrected chi connectivity index (χ1v) is 10.4.